The number of rotatable bonds is 3. The van der Waals surface area contributed by atoms with Crippen LogP contribution in [0.5, 0.6) is 0 Å². The van der Waals surface area contributed by atoms with Gasteiger partial charge in [-0.25, -0.2) is 4.39 Å². The minimum atomic E-state index is -0.226. The van der Waals surface area contributed by atoms with E-state index in [0.717, 1.165) is 5.75 Å². The van der Waals surface area contributed by atoms with Gasteiger partial charge in [0.2, 0.25) is 0 Å². The molecule has 1 nitrogen and oxygen atoms in total. The lowest BCUT2D eigenvalue weighted by molar-refractivity contribution is 0.595. The lowest BCUT2D eigenvalue weighted by Crippen LogP contribution is -2.19. The predicted molar refractivity (Wildman–Crippen MR) is 65.5 cm³/mol. The molecule has 2 N–H and O–H groups in total. The maximum atomic E-state index is 13.4. The van der Waals surface area contributed by atoms with Crippen molar-refractivity contribution in [3.05, 3.63) is 35.6 Å². The standard InChI is InChI=1S/C12H18FNS/c1-12(2,3)15-8-11(14)9-6-4-5-7-10(9)13/h4-7,11H,8,14H2,1-3H3. The van der Waals surface area contributed by atoms with Gasteiger partial charge in [-0.3, -0.25) is 0 Å². The number of thioether (sulfide) groups is 1. The van der Waals surface area contributed by atoms with Gasteiger partial charge in [0.1, 0.15) is 5.82 Å². The lowest BCUT2D eigenvalue weighted by Gasteiger charge is -2.21. The first-order chi connectivity index (χ1) is 6.90. The van der Waals surface area contributed by atoms with Crippen molar-refractivity contribution in [3.8, 4) is 0 Å². The van der Waals surface area contributed by atoms with Crippen LogP contribution in [0.25, 0.3) is 0 Å². The number of hydrogen-bond acceptors (Lipinski definition) is 2. The van der Waals surface area contributed by atoms with Gasteiger partial charge in [-0.15, -0.1) is 0 Å². The van der Waals surface area contributed by atoms with Crippen molar-refractivity contribution < 1.29 is 4.39 Å². The monoisotopic (exact) mass is 227 g/mol. The fourth-order valence-corrected chi connectivity index (χ4v) is 2.06. The Morgan fingerprint density at radius 2 is 1.93 bits per heavy atom. The van der Waals surface area contributed by atoms with E-state index in [0.29, 0.717) is 5.56 Å². The van der Waals surface area contributed by atoms with Gasteiger partial charge in [0.15, 0.2) is 0 Å². The van der Waals surface area contributed by atoms with Gasteiger partial charge in [0, 0.05) is 22.1 Å². The van der Waals surface area contributed by atoms with Crippen LogP contribution >= 0.6 is 11.8 Å². The molecule has 1 aromatic rings. The predicted octanol–water partition coefficient (Wildman–Crippen LogP) is 3.36. The van der Waals surface area contributed by atoms with Crippen LogP contribution in [-0.4, -0.2) is 10.5 Å². The van der Waals surface area contributed by atoms with Crippen molar-refractivity contribution in [3.63, 3.8) is 0 Å². The molecule has 1 unspecified atom stereocenters. The van der Waals surface area contributed by atoms with Crippen LogP contribution in [0.3, 0.4) is 0 Å². The third kappa shape index (κ3) is 4.22. The molecule has 0 saturated heterocycles. The molecule has 0 aromatic heterocycles. The van der Waals surface area contributed by atoms with Gasteiger partial charge in [-0.1, -0.05) is 39.0 Å². The average molecular weight is 227 g/mol. The molecule has 1 rings (SSSR count). The molecule has 1 atom stereocenters. The highest BCUT2D eigenvalue weighted by Crippen LogP contribution is 2.27. The molecule has 0 radical (unpaired) electrons. The van der Waals surface area contributed by atoms with Crippen molar-refractivity contribution in [1.82, 2.24) is 0 Å². The molecule has 0 aliphatic rings. The van der Waals surface area contributed by atoms with E-state index < -0.39 is 0 Å². The number of hydrogen-bond donors (Lipinski definition) is 1. The Hall–Kier alpha value is -0.540. The zero-order valence-corrected chi connectivity index (χ0v) is 10.3. The molecule has 0 spiro atoms. The number of benzene rings is 1. The first-order valence-electron chi connectivity index (χ1n) is 5.04. The summed E-state index contributed by atoms with van der Waals surface area (Å²) < 4.78 is 13.5. The van der Waals surface area contributed by atoms with Gasteiger partial charge >= 0.3 is 0 Å². The van der Waals surface area contributed by atoms with E-state index >= 15 is 0 Å². The number of nitrogens with two attached hydrogens (primary N) is 1. The summed E-state index contributed by atoms with van der Waals surface area (Å²) in [5, 5.41) is 0. The molecule has 0 saturated carbocycles. The Morgan fingerprint density at radius 1 is 1.33 bits per heavy atom. The lowest BCUT2D eigenvalue weighted by atomic mass is 10.1. The first kappa shape index (κ1) is 12.5. The summed E-state index contributed by atoms with van der Waals surface area (Å²) in [7, 11) is 0. The molecule has 0 aliphatic heterocycles. The quantitative estimate of drug-likeness (QED) is 0.857. The van der Waals surface area contributed by atoms with Crippen LogP contribution in [0.2, 0.25) is 0 Å². The Balaban J connectivity index is 2.62. The van der Waals surface area contributed by atoms with E-state index in [1.54, 1.807) is 23.9 Å². The fourth-order valence-electron chi connectivity index (χ4n) is 1.21. The van der Waals surface area contributed by atoms with Crippen molar-refractivity contribution in [1.29, 1.82) is 0 Å². The summed E-state index contributed by atoms with van der Waals surface area (Å²) in [5.74, 6) is 0.532. The van der Waals surface area contributed by atoms with E-state index in [1.165, 1.54) is 6.07 Å². The van der Waals surface area contributed by atoms with Crippen LogP contribution < -0.4 is 5.73 Å². The molecule has 0 fully saturated rings. The highest BCUT2D eigenvalue weighted by molar-refractivity contribution is 8.00. The normalized spacial score (nSPS) is 13.9. The van der Waals surface area contributed by atoms with E-state index in [1.807, 2.05) is 6.07 Å². The van der Waals surface area contributed by atoms with Crippen LogP contribution in [-0.2, 0) is 0 Å². The van der Waals surface area contributed by atoms with Crippen molar-refractivity contribution in [2.45, 2.75) is 31.6 Å². The zero-order valence-electron chi connectivity index (χ0n) is 9.46. The minimum Gasteiger partial charge on any atom is -0.323 e. The summed E-state index contributed by atoms with van der Waals surface area (Å²) >= 11 is 1.75. The van der Waals surface area contributed by atoms with E-state index in [2.05, 4.69) is 20.8 Å². The van der Waals surface area contributed by atoms with Gasteiger partial charge in [0.25, 0.3) is 0 Å². The van der Waals surface area contributed by atoms with Gasteiger partial charge in [-0.05, 0) is 6.07 Å². The topological polar surface area (TPSA) is 26.0 Å². The Labute approximate surface area is 95.2 Å². The smallest absolute Gasteiger partial charge is 0.128 e. The average Bonchev–Trinajstić information content (AvgIpc) is 2.14. The van der Waals surface area contributed by atoms with E-state index in [-0.39, 0.29) is 16.6 Å². The summed E-state index contributed by atoms with van der Waals surface area (Å²) in [6.07, 6.45) is 0. The molecular weight excluding hydrogens is 209 g/mol. The molecular formula is C12H18FNS. The largest absolute Gasteiger partial charge is 0.323 e. The first-order valence-corrected chi connectivity index (χ1v) is 6.02. The fraction of sp³-hybridized carbons (Fsp3) is 0.500. The molecule has 84 valence electrons. The summed E-state index contributed by atoms with van der Waals surface area (Å²) in [6, 6.07) is 6.48. The molecule has 0 heterocycles. The van der Waals surface area contributed by atoms with Crippen LogP contribution in [0.15, 0.2) is 24.3 Å². The zero-order chi connectivity index (χ0) is 11.5. The molecule has 3 heteroatoms. The SMILES string of the molecule is CC(C)(C)SCC(N)c1ccccc1F. The molecule has 15 heavy (non-hydrogen) atoms. The summed E-state index contributed by atoms with van der Waals surface area (Å²) in [6.45, 7) is 6.39. The Bertz CT molecular complexity index is 320. The Kier molecular flexibility index (Phi) is 4.17. The second-order valence-corrected chi connectivity index (χ2v) is 6.40. The minimum absolute atomic E-state index is 0.170. The highest BCUT2D eigenvalue weighted by Gasteiger charge is 2.16. The third-order valence-corrected chi connectivity index (χ3v) is 3.39. The summed E-state index contributed by atoms with van der Waals surface area (Å²) in [4.78, 5) is 0. The second kappa shape index (κ2) is 4.99. The molecule has 0 amide bonds. The Morgan fingerprint density at radius 3 is 2.47 bits per heavy atom. The number of halogens is 1. The molecule has 0 aliphatic carbocycles. The van der Waals surface area contributed by atoms with Crippen LogP contribution in [0.4, 0.5) is 4.39 Å². The van der Waals surface area contributed by atoms with Crippen LogP contribution in [0.1, 0.15) is 32.4 Å². The van der Waals surface area contributed by atoms with Crippen molar-refractivity contribution in [2.24, 2.45) is 5.73 Å². The molecule has 0 bridgehead atoms. The van der Waals surface area contributed by atoms with Crippen molar-refractivity contribution >= 4 is 11.8 Å². The maximum absolute atomic E-state index is 13.4. The van der Waals surface area contributed by atoms with E-state index in [4.69, 9.17) is 5.73 Å². The van der Waals surface area contributed by atoms with Crippen LogP contribution in [0, 0.1) is 5.82 Å². The second-order valence-electron chi connectivity index (χ2n) is 4.55. The van der Waals surface area contributed by atoms with Gasteiger partial charge < -0.3 is 5.73 Å². The highest BCUT2D eigenvalue weighted by atomic mass is 32.2. The van der Waals surface area contributed by atoms with Gasteiger partial charge in [0.05, 0.1) is 0 Å². The van der Waals surface area contributed by atoms with Gasteiger partial charge in [-0.2, -0.15) is 11.8 Å². The van der Waals surface area contributed by atoms with Crippen molar-refractivity contribution in [2.75, 3.05) is 5.75 Å². The third-order valence-electron chi connectivity index (χ3n) is 2.00. The van der Waals surface area contributed by atoms with E-state index in [9.17, 15) is 4.39 Å². The summed E-state index contributed by atoms with van der Waals surface area (Å²) in [5.41, 5.74) is 6.55. The molecule has 1 aromatic carbocycles. The maximum Gasteiger partial charge on any atom is 0.128 e.